The standard InChI is InChI=1S/C37H34ClN7O5/c38-28-12-15-32(46)30(22-28)33-27(23-44(42-33)19-4-16-39)11-8-25-9-13-29(14-10-25)40-35(47)31-24-50-21-20-45(31)36(48)34(26-6-2-1-3-7-26)41-37(49)43-17-5-18-43/h1-3,6-7,9-10,12-15,22-23,31,34,46H,4-5,17-21,24H2,(H,40,47)(H,41,49)/t31-,34+/m0/s1. The van der Waals surface area contributed by atoms with Gasteiger partial charge in [-0.05, 0) is 54.4 Å². The normalized spacial score (nSPS) is 15.9. The van der Waals surface area contributed by atoms with Gasteiger partial charge in [-0.25, -0.2) is 4.79 Å². The number of anilines is 1. The van der Waals surface area contributed by atoms with Crippen LogP contribution in [0.5, 0.6) is 5.75 Å². The smallest absolute Gasteiger partial charge is 0.318 e. The molecule has 3 heterocycles. The highest BCUT2D eigenvalue weighted by Gasteiger charge is 2.38. The Kier molecular flexibility index (Phi) is 10.6. The molecule has 3 N–H and O–H groups in total. The molecule has 1 aromatic heterocycles. The van der Waals surface area contributed by atoms with Gasteiger partial charge in [-0.15, -0.1) is 0 Å². The van der Waals surface area contributed by atoms with Crippen molar-refractivity contribution in [1.82, 2.24) is 24.9 Å². The summed E-state index contributed by atoms with van der Waals surface area (Å²) in [7, 11) is 0. The van der Waals surface area contributed by atoms with Gasteiger partial charge in [0.05, 0.1) is 37.8 Å². The molecular weight excluding hydrogens is 658 g/mol. The number of nitrogens with zero attached hydrogens (tertiary/aromatic N) is 5. The topological polar surface area (TPSA) is 153 Å². The Labute approximate surface area is 294 Å². The molecular formula is C37H34ClN7O5. The van der Waals surface area contributed by atoms with E-state index in [1.807, 2.05) is 6.07 Å². The molecule has 2 aliphatic rings. The van der Waals surface area contributed by atoms with Crippen LogP contribution < -0.4 is 10.6 Å². The number of halogens is 1. The maximum atomic E-state index is 14.0. The van der Waals surface area contributed by atoms with Crippen molar-refractivity contribution < 1.29 is 24.2 Å². The maximum absolute atomic E-state index is 14.0. The number of hydrogen-bond donors (Lipinski definition) is 3. The van der Waals surface area contributed by atoms with Crippen LogP contribution in [0.4, 0.5) is 10.5 Å². The summed E-state index contributed by atoms with van der Waals surface area (Å²) in [5, 5.41) is 30.2. The molecule has 12 nitrogen and oxygen atoms in total. The minimum atomic E-state index is -0.961. The van der Waals surface area contributed by atoms with Crippen molar-refractivity contribution >= 4 is 35.1 Å². The molecule has 0 aliphatic carbocycles. The molecule has 4 aromatic rings. The number of likely N-dealkylation sites (tertiary alicyclic amines) is 1. The first-order valence-electron chi connectivity index (χ1n) is 16.2. The number of ether oxygens (including phenoxy) is 1. The van der Waals surface area contributed by atoms with Gasteiger partial charge in [0.2, 0.25) is 5.91 Å². The minimum absolute atomic E-state index is 0.00119. The number of phenols is 1. The molecule has 50 heavy (non-hydrogen) atoms. The zero-order chi connectivity index (χ0) is 35.0. The first kappa shape index (κ1) is 34.1. The quantitative estimate of drug-likeness (QED) is 0.229. The van der Waals surface area contributed by atoms with Crippen molar-refractivity contribution in [3.63, 3.8) is 0 Å². The van der Waals surface area contributed by atoms with Crippen LogP contribution in [0.3, 0.4) is 0 Å². The lowest BCUT2D eigenvalue weighted by atomic mass is 10.0. The number of amides is 4. The van der Waals surface area contributed by atoms with E-state index in [0.29, 0.717) is 58.3 Å². The summed E-state index contributed by atoms with van der Waals surface area (Å²) in [5.41, 5.74) is 3.16. The summed E-state index contributed by atoms with van der Waals surface area (Å²) in [6, 6.07) is 20.5. The number of aryl methyl sites for hydroxylation is 1. The molecule has 3 aromatic carbocycles. The van der Waals surface area contributed by atoms with Crippen LogP contribution in [-0.2, 0) is 20.9 Å². The van der Waals surface area contributed by atoms with E-state index in [2.05, 4.69) is 33.6 Å². The highest BCUT2D eigenvalue weighted by molar-refractivity contribution is 6.31. The molecule has 0 saturated carbocycles. The molecule has 4 amide bonds. The fourth-order valence-electron chi connectivity index (χ4n) is 5.61. The van der Waals surface area contributed by atoms with Gasteiger partial charge in [0.15, 0.2) is 0 Å². The van der Waals surface area contributed by atoms with Crippen LogP contribution in [-0.4, -0.2) is 81.4 Å². The Balaban J connectivity index is 1.17. The number of urea groups is 1. The number of aromatic hydroxyl groups is 1. The summed E-state index contributed by atoms with van der Waals surface area (Å²) in [6.07, 6.45) is 2.89. The van der Waals surface area contributed by atoms with Crippen LogP contribution >= 0.6 is 11.6 Å². The second kappa shape index (κ2) is 15.6. The molecule has 2 saturated heterocycles. The van der Waals surface area contributed by atoms with E-state index in [9.17, 15) is 19.5 Å². The highest BCUT2D eigenvalue weighted by Crippen LogP contribution is 2.33. The predicted octanol–water partition coefficient (Wildman–Crippen LogP) is 4.55. The maximum Gasteiger partial charge on any atom is 0.318 e. The number of nitrogens with one attached hydrogen (secondary N) is 2. The molecule has 6 rings (SSSR count). The van der Waals surface area contributed by atoms with E-state index >= 15 is 0 Å². The number of phenolic OH excluding ortho intramolecular Hbond substituents is 1. The SMILES string of the molecule is N#CCCn1cc(C#Cc2ccc(NC(=O)[C@@H]3COCCN3C(=O)[C@H](NC(=O)N3CCC3)c3ccccc3)cc2)c(-c2cc(Cl)ccc2O)n1. The van der Waals surface area contributed by atoms with E-state index in [4.69, 9.17) is 21.6 Å². The van der Waals surface area contributed by atoms with Crippen LogP contribution in [0.25, 0.3) is 11.3 Å². The number of carbonyl (C=O) groups excluding carboxylic acids is 3. The molecule has 0 radical (unpaired) electrons. The fourth-order valence-corrected chi connectivity index (χ4v) is 5.78. The van der Waals surface area contributed by atoms with Crippen molar-refractivity contribution in [3.8, 4) is 34.9 Å². The minimum Gasteiger partial charge on any atom is -0.507 e. The number of rotatable bonds is 8. The Morgan fingerprint density at radius 2 is 1.82 bits per heavy atom. The fraction of sp³-hybridized carbons (Fsp3) is 0.270. The average Bonchev–Trinajstić information content (AvgIpc) is 3.52. The Bertz CT molecular complexity index is 1980. The second-order valence-corrected chi connectivity index (χ2v) is 12.2. The van der Waals surface area contributed by atoms with Gasteiger partial charge in [0.1, 0.15) is 23.5 Å². The molecule has 0 unspecified atom stereocenters. The first-order valence-corrected chi connectivity index (χ1v) is 16.5. The van der Waals surface area contributed by atoms with E-state index in [-0.39, 0.29) is 43.9 Å². The van der Waals surface area contributed by atoms with Crippen molar-refractivity contribution in [2.24, 2.45) is 0 Å². The van der Waals surface area contributed by atoms with Gasteiger partial charge in [0.25, 0.3) is 5.91 Å². The van der Waals surface area contributed by atoms with Gasteiger partial charge in [-0.3, -0.25) is 14.3 Å². The summed E-state index contributed by atoms with van der Waals surface area (Å²) in [5.74, 6) is 5.38. The van der Waals surface area contributed by atoms with Crippen LogP contribution in [0.2, 0.25) is 5.02 Å². The number of benzene rings is 3. The van der Waals surface area contributed by atoms with E-state index in [1.165, 1.54) is 11.0 Å². The van der Waals surface area contributed by atoms with Crippen molar-refractivity contribution in [3.05, 3.63) is 101 Å². The monoisotopic (exact) mass is 691 g/mol. The predicted molar refractivity (Wildman–Crippen MR) is 186 cm³/mol. The molecule has 2 fully saturated rings. The molecule has 2 aliphatic heterocycles. The van der Waals surface area contributed by atoms with E-state index in [0.717, 1.165) is 6.42 Å². The van der Waals surface area contributed by atoms with Crippen LogP contribution in [0.1, 0.15) is 35.6 Å². The summed E-state index contributed by atoms with van der Waals surface area (Å²) in [4.78, 5) is 43.5. The van der Waals surface area contributed by atoms with Crippen molar-refractivity contribution in [2.75, 3.05) is 38.2 Å². The third-order valence-electron chi connectivity index (χ3n) is 8.43. The molecule has 2 atom stereocenters. The average molecular weight is 692 g/mol. The van der Waals surface area contributed by atoms with Gasteiger partial charge in [-0.2, -0.15) is 10.4 Å². The number of nitriles is 1. The Morgan fingerprint density at radius 3 is 2.54 bits per heavy atom. The number of aromatic nitrogens is 2. The van der Waals surface area contributed by atoms with E-state index in [1.54, 1.807) is 76.4 Å². The lowest BCUT2D eigenvalue weighted by Crippen LogP contribution is -2.58. The zero-order valence-corrected chi connectivity index (χ0v) is 27.8. The van der Waals surface area contributed by atoms with Crippen LogP contribution in [0.15, 0.2) is 79.0 Å². The van der Waals surface area contributed by atoms with Gasteiger partial charge >= 0.3 is 6.03 Å². The highest BCUT2D eigenvalue weighted by atomic mass is 35.5. The van der Waals surface area contributed by atoms with Crippen molar-refractivity contribution in [2.45, 2.75) is 31.5 Å². The number of carbonyl (C=O) groups is 3. The largest absolute Gasteiger partial charge is 0.507 e. The molecule has 0 spiro atoms. The lowest BCUT2D eigenvalue weighted by Gasteiger charge is -2.38. The summed E-state index contributed by atoms with van der Waals surface area (Å²) >= 11 is 6.18. The summed E-state index contributed by atoms with van der Waals surface area (Å²) in [6.45, 7) is 2.09. The molecule has 254 valence electrons. The lowest BCUT2D eigenvalue weighted by molar-refractivity contribution is -0.148. The van der Waals surface area contributed by atoms with Gasteiger partial charge in [-0.1, -0.05) is 53.8 Å². The number of morpholine rings is 1. The summed E-state index contributed by atoms with van der Waals surface area (Å²) < 4.78 is 7.21. The third kappa shape index (κ3) is 7.90. The second-order valence-electron chi connectivity index (χ2n) is 11.8. The Morgan fingerprint density at radius 1 is 1.04 bits per heavy atom. The zero-order valence-electron chi connectivity index (χ0n) is 27.0. The molecule has 0 bridgehead atoms. The Hall–Kier alpha value is -5.82. The van der Waals surface area contributed by atoms with Crippen LogP contribution in [0, 0.1) is 23.2 Å². The first-order chi connectivity index (χ1) is 24.3. The van der Waals surface area contributed by atoms with Crippen molar-refractivity contribution in [1.29, 1.82) is 5.26 Å². The van der Waals surface area contributed by atoms with E-state index < -0.39 is 18.0 Å². The third-order valence-corrected chi connectivity index (χ3v) is 8.66. The molecule has 13 heteroatoms. The van der Waals surface area contributed by atoms with Gasteiger partial charge < -0.3 is 30.3 Å². The number of hydrogen-bond acceptors (Lipinski definition) is 7. The van der Waals surface area contributed by atoms with Gasteiger partial charge in [0, 0.05) is 47.7 Å².